The minimum absolute atomic E-state index is 0.150. The molecular formula is C8H13BrF2O. The molecule has 2 unspecified atom stereocenters. The van der Waals surface area contributed by atoms with Gasteiger partial charge in [0.05, 0.1) is 12.2 Å². The van der Waals surface area contributed by atoms with Crippen LogP contribution in [0.15, 0.2) is 0 Å². The van der Waals surface area contributed by atoms with Crippen molar-refractivity contribution in [3.8, 4) is 0 Å². The van der Waals surface area contributed by atoms with Gasteiger partial charge < -0.3 is 4.74 Å². The van der Waals surface area contributed by atoms with Gasteiger partial charge in [0.25, 0.3) is 0 Å². The third kappa shape index (κ3) is 2.39. The molecule has 0 aliphatic carbocycles. The van der Waals surface area contributed by atoms with Crippen LogP contribution in [0.25, 0.3) is 0 Å². The van der Waals surface area contributed by atoms with Gasteiger partial charge in [0.1, 0.15) is 0 Å². The van der Waals surface area contributed by atoms with E-state index in [1.807, 2.05) is 6.92 Å². The van der Waals surface area contributed by atoms with E-state index in [9.17, 15) is 8.78 Å². The number of halogens is 3. The highest BCUT2D eigenvalue weighted by Gasteiger charge is 2.39. The fourth-order valence-corrected chi connectivity index (χ4v) is 2.26. The van der Waals surface area contributed by atoms with Gasteiger partial charge in [0.15, 0.2) is 0 Å². The molecule has 1 rings (SSSR count). The van der Waals surface area contributed by atoms with Crippen molar-refractivity contribution >= 4 is 15.9 Å². The molecule has 0 aromatic carbocycles. The molecule has 0 amide bonds. The quantitative estimate of drug-likeness (QED) is 0.692. The Morgan fingerprint density at radius 3 is 2.67 bits per heavy atom. The molecule has 0 bridgehead atoms. The number of ether oxygens (including phenoxy) is 1. The van der Waals surface area contributed by atoms with E-state index in [2.05, 4.69) is 15.9 Å². The summed E-state index contributed by atoms with van der Waals surface area (Å²) in [7, 11) is 0. The smallest absolute Gasteiger partial charge is 0.241 e. The summed E-state index contributed by atoms with van der Waals surface area (Å²) < 4.78 is 29.7. The summed E-state index contributed by atoms with van der Waals surface area (Å²) in [5.74, 6) is 0.404. The highest BCUT2D eigenvalue weighted by Crippen LogP contribution is 2.36. The minimum Gasteiger partial charge on any atom is -0.374 e. The number of alkyl halides is 3. The van der Waals surface area contributed by atoms with Crippen molar-refractivity contribution < 1.29 is 13.5 Å². The van der Waals surface area contributed by atoms with Crippen LogP contribution >= 0.6 is 15.9 Å². The van der Waals surface area contributed by atoms with E-state index in [1.165, 1.54) is 0 Å². The van der Waals surface area contributed by atoms with Gasteiger partial charge in [-0.05, 0) is 12.3 Å². The second-order valence-corrected chi connectivity index (χ2v) is 4.09. The first-order valence-corrected chi connectivity index (χ1v) is 5.18. The van der Waals surface area contributed by atoms with Crippen molar-refractivity contribution in [1.82, 2.24) is 0 Å². The van der Waals surface area contributed by atoms with Gasteiger partial charge in [-0.2, -0.15) is 0 Å². The molecule has 1 fully saturated rings. The summed E-state index contributed by atoms with van der Waals surface area (Å²) in [6.45, 7) is 2.63. The lowest BCUT2D eigenvalue weighted by Crippen LogP contribution is -2.32. The molecule has 0 aromatic rings. The van der Waals surface area contributed by atoms with Crippen molar-refractivity contribution in [2.24, 2.45) is 5.92 Å². The Morgan fingerprint density at radius 2 is 2.33 bits per heavy atom. The lowest BCUT2D eigenvalue weighted by atomic mass is 9.94. The van der Waals surface area contributed by atoms with Crippen LogP contribution in [0.1, 0.15) is 19.8 Å². The maximum atomic E-state index is 12.1. The lowest BCUT2D eigenvalue weighted by molar-refractivity contribution is -0.0260. The maximum Gasteiger partial charge on any atom is 0.241 e. The summed E-state index contributed by atoms with van der Waals surface area (Å²) in [6, 6.07) is 0. The molecule has 1 aliphatic rings. The molecule has 0 N–H and O–H groups in total. The molecule has 1 aliphatic heterocycles. The van der Waals surface area contributed by atoms with Crippen molar-refractivity contribution in [2.75, 3.05) is 11.9 Å². The molecule has 2 atom stereocenters. The molecule has 12 heavy (non-hydrogen) atoms. The summed E-state index contributed by atoms with van der Waals surface area (Å²) in [6.07, 6.45) is -1.68. The molecular weight excluding hydrogens is 230 g/mol. The Hall–Kier alpha value is 0.300. The zero-order chi connectivity index (χ0) is 9.19. The molecule has 0 aromatic heterocycles. The van der Waals surface area contributed by atoms with E-state index in [4.69, 9.17) is 4.74 Å². The van der Waals surface area contributed by atoms with Gasteiger partial charge in [-0.15, -0.1) is 0 Å². The molecule has 0 saturated carbocycles. The van der Waals surface area contributed by atoms with E-state index >= 15 is 0 Å². The van der Waals surface area contributed by atoms with Crippen molar-refractivity contribution in [3.63, 3.8) is 0 Å². The number of rotatable bonds is 3. The van der Waals surface area contributed by atoms with E-state index in [-0.39, 0.29) is 6.42 Å². The fraction of sp³-hybridized carbons (Fsp3) is 1.00. The van der Waals surface area contributed by atoms with E-state index < -0.39 is 12.0 Å². The third-order valence-corrected chi connectivity index (χ3v) is 3.19. The van der Waals surface area contributed by atoms with Crippen LogP contribution in [-0.4, -0.2) is 24.0 Å². The SMILES string of the molecule is CC1COC(CBr)(CC(F)F)C1. The molecule has 0 radical (unpaired) electrons. The van der Waals surface area contributed by atoms with Crippen LogP contribution < -0.4 is 0 Å². The van der Waals surface area contributed by atoms with Crippen LogP contribution in [0.3, 0.4) is 0 Å². The van der Waals surface area contributed by atoms with Gasteiger partial charge in [-0.25, -0.2) is 8.78 Å². The first kappa shape index (κ1) is 10.4. The standard InChI is InChI=1S/C8H13BrF2O/c1-6-2-8(5-9,12-4-6)3-7(10)11/h6-7H,2-5H2,1H3. The topological polar surface area (TPSA) is 9.23 Å². The largest absolute Gasteiger partial charge is 0.374 e. The van der Waals surface area contributed by atoms with Crippen molar-refractivity contribution in [3.05, 3.63) is 0 Å². The van der Waals surface area contributed by atoms with Gasteiger partial charge in [-0.3, -0.25) is 0 Å². The predicted molar refractivity (Wildman–Crippen MR) is 46.9 cm³/mol. The first-order valence-electron chi connectivity index (χ1n) is 4.06. The van der Waals surface area contributed by atoms with Crippen LogP contribution in [-0.2, 0) is 4.74 Å². The van der Waals surface area contributed by atoms with Gasteiger partial charge >= 0.3 is 0 Å². The Balaban J connectivity index is 2.52. The van der Waals surface area contributed by atoms with E-state index in [0.717, 1.165) is 6.42 Å². The van der Waals surface area contributed by atoms with Gasteiger partial charge in [0.2, 0.25) is 6.43 Å². The van der Waals surface area contributed by atoms with E-state index in [0.29, 0.717) is 17.9 Å². The third-order valence-electron chi connectivity index (χ3n) is 2.16. The van der Waals surface area contributed by atoms with Crippen LogP contribution in [0.2, 0.25) is 0 Å². The predicted octanol–water partition coefficient (Wildman–Crippen LogP) is 2.83. The average molecular weight is 243 g/mol. The summed E-state index contributed by atoms with van der Waals surface area (Å²) in [5.41, 5.74) is -0.604. The normalized spacial score (nSPS) is 36.2. The van der Waals surface area contributed by atoms with Crippen molar-refractivity contribution in [2.45, 2.75) is 31.8 Å². The average Bonchev–Trinajstić information content (AvgIpc) is 2.32. The lowest BCUT2D eigenvalue weighted by Gasteiger charge is -2.25. The molecule has 0 spiro atoms. The molecule has 1 heterocycles. The number of hydrogen-bond acceptors (Lipinski definition) is 1. The molecule has 1 saturated heterocycles. The number of hydrogen-bond donors (Lipinski definition) is 0. The first-order chi connectivity index (χ1) is 5.58. The van der Waals surface area contributed by atoms with Crippen LogP contribution in [0.5, 0.6) is 0 Å². The fourth-order valence-electron chi connectivity index (χ4n) is 1.64. The zero-order valence-corrected chi connectivity index (χ0v) is 8.61. The van der Waals surface area contributed by atoms with Crippen LogP contribution in [0.4, 0.5) is 8.78 Å². The highest BCUT2D eigenvalue weighted by atomic mass is 79.9. The Morgan fingerprint density at radius 1 is 1.67 bits per heavy atom. The maximum absolute atomic E-state index is 12.1. The Bertz CT molecular complexity index is 154. The summed E-state index contributed by atoms with van der Waals surface area (Å²) >= 11 is 3.23. The Kier molecular flexibility index (Phi) is 3.47. The highest BCUT2D eigenvalue weighted by molar-refractivity contribution is 9.09. The van der Waals surface area contributed by atoms with Crippen molar-refractivity contribution in [1.29, 1.82) is 0 Å². The van der Waals surface area contributed by atoms with Gasteiger partial charge in [0, 0.05) is 11.8 Å². The minimum atomic E-state index is -2.27. The van der Waals surface area contributed by atoms with Crippen LogP contribution in [0, 0.1) is 5.92 Å². The second-order valence-electron chi connectivity index (χ2n) is 3.53. The van der Waals surface area contributed by atoms with E-state index in [1.54, 1.807) is 0 Å². The zero-order valence-electron chi connectivity index (χ0n) is 7.03. The summed E-state index contributed by atoms with van der Waals surface area (Å²) in [5, 5.41) is 0.509. The summed E-state index contributed by atoms with van der Waals surface area (Å²) in [4.78, 5) is 0. The van der Waals surface area contributed by atoms with Gasteiger partial charge in [-0.1, -0.05) is 22.9 Å². The molecule has 1 nitrogen and oxygen atoms in total. The molecule has 72 valence electrons. The molecule has 4 heteroatoms. The Labute approximate surface area is 79.6 Å². The monoisotopic (exact) mass is 242 g/mol. The second kappa shape index (κ2) is 4.01.